The van der Waals surface area contributed by atoms with E-state index in [9.17, 15) is 4.79 Å². The Morgan fingerprint density at radius 2 is 2.13 bits per heavy atom. The van der Waals surface area contributed by atoms with Gasteiger partial charge in [0.2, 0.25) is 5.91 Å². The van der Waals surface area contributed by atoms with Gasteiger partial charge in [-0.1, -0.05) is 0 Å². The van der Waals surface area contributed by atoms with Gasteiger partial charge in [-0.15, -0.1) is 0 Å². The average molecular weight is 213 g/mol. The number of carbonyl (C=O) groups is 1. The zero-order chi connectivity index (χ0) is 11.6. The van der Waals surface area contributed by atoms with E-state index < -0.39 is 0 Å². The Bertz CT molecular complexity index is 238. The summed E-state index contributed by atoms with van der Waals surface area (Å²) in [4.78, 5) is 15.8. The lowest BCUT2D eigenvalue weighted by Crippen LogP contribution is -2.48. The van der Waals surface area contributed by atoms with Gasteiger partial charge in [0.25, 0.3) is 0 Å². The van der Waals surface area contributed by atoms with Crippen molar-refractivity contribution in [1.29, 1.82) is 0 Å². The van der Waals surface area contributed by atoms with Crippen LogP contribution >= 0.6 is 0 Å². The largest absolute Gasteiger partial charge is 0.341 e. The summed E-state index contributed by atoms with van der Waals surface area (Å²) in [5.41, 5.74) is 5.62. The van der Waals surface area contributed by atoms with Gasteiger partial charge >= 0.3 is 0 Å². The second-order valence-corrected chi connectivity index (χ2v) is 5.29. The lowest BCUT2D eigenvalue weighted by Gasteiger charge is -2.36. The Kier molecular flexibility index (Phi) is 3.73. The van der Waals surface area contributed by atoms with Crippen LogP contribution in [0, 0.1) is 5.92 Å². The standard InChI is InChI=1S/C11H23N3O/c1-11(2,13(3)4)8-14-7-9(6-12)5-10(14)15/h9H,5-8,12H2,1-4H3. The van der Waals surface area contributed by atoms with Gasteiger partial charge < -0.3 is 15.5 Å². The first kappa shape index (κ1) is 12.5. The summed E-state index contributed by atoms with van der Waals surface area (Å²) in [5.74, 6) is 0.607. The molecule has 0 aromatic heterocycles. The van der Waals surface area contributed by atoms with Crippen molar-refractivity contribution in [2.24, 2.45) is 11.7 Å². The number of nitrogens with two attached hydrogens (primary N) is 1. The van der Waals surface area contributed by atoms with E-state index in [4.69, 9.17) is 5.73 Å². The van der Waals surface area contributed by atoms with Crippen molar-refractivity contribution in [3.05, 3.63) is 0 Å². The fraction of sp³-hybridized carbons (Fsp3) is 0.909. The molecular formula is C11H23N3O. The molecule has 1 saturated heterocycles. The van der Waals surface area contributed by atoms with E-state index in [1.807, 2.05) is 19.0 Å². The van der Waals surface area contributed by atoms with E-state index in [0.717, 1.165) is 13.1 Å². The van der Waals surface area contributed by atoms with Gasteiger partial charge in [0, 0.05) is 25.0 Å². The van der Waals surface area contributed by atoms with Crippen molar-refractivity contribution < 1.29 is 4.79 Å². The molecule has 88 valence electrons. The second-order valence-electron chi connectivity index (χ2n) is 5.29. The van der Waals surface area contributed by atoms with E-state index in [1.54, 1.807) is 0 Å². The molecule has 0 spiro atoms. The predicted octanol–water partition coefficient (Wildman–Crippen LogP) is 0.134. The van der Waals surface area contributed by atoms with Gasteiger partial charge in [-0.05, 0) is 40.4 Å². The number of likely N-dealkylation sites (N-methyl/N-ethyl adjacent to an activating group) is 1. The highest BCUT2D eigenvalue weighted by Crippen LogP contribution is 2.21. The Labute approximate surface area is 92.4 Å². The van der Waals surface area contributed by atoms with Gasteiger partial charge in [-0.2, -0.15) is 0 Å². The van der Waals surface area contributed by atoms with E-state index in [2.05, 4.69) is 18.7 Å². The lowest BCUT2D eigenvalue weighted by atomic mass is 10.0. The second kappa shape index (κ2) is 4.49. The molecule has 4 heteroatoms. The van der Waals surface area contributed by atoms with E-state index in [0.29, 0.717) is 18.9 Å². The first-order chi connectivity index (χ1) is 6.86. The van der Waals surface area contributed by atoms with Crippen LogP contribution < -0.4 is 5.73 Å². The SMILES string of the molecule is CN(C)C(C)(C)CN1CC(CN)CC1=O. The highest BCUT2D eigenvalue weighted by atomic mass is 16.2. The monoisotopic (exact) mass is 213 g/mol. The smallest absolute Gasteiger partial charge is 0.223 e. The number of rotatable bonds is 4. The maximum atomic E-state index is 11.7. The average Bonchev–Trinajstić information content (AvgIpc) is 2.46. The fourth-order valence-electron chi connectivity index (χ4n) is 1.77. The molecule has 15 heavy (non-hydrogen) atoms. The molecule has 1 unspecified atom stereocenters. The van der Waals surface area contributed by atoms with Crippen molar-refractivity contribution in [3.63, 3.8) is 0 Å². The number of nitrogens with zero attached hydrogens (tertiary/aromatic N) is 2. The molecule has 1 aliphatic rings. The normalized spacial score (nSPS) is 22.9. The third-order valence-electron chi connectivity index (χ3n) is 3.42. The Balaban J connectivity index is 2.56. The summed E-state index contributed by atoms with van der Waals surface area (Å²) in [6, 6.07) is 0. The summed E-state index contributed by atoms with van der Waals surface area (Å²) in [6.45, 7) is 6.53. The van der Waals surface area contributed by atoms with Crippen LogP contribution in [0.2, 0.25) is 0 Å². The molecule has 1 fully saturated rings. The lowest BCUT2D eigenvalue weighted by molar-refractivity contribution is -0.129. The summed E-state index contributed by atoms with van der Waals surface area (Å²) in [7, 11) is 4.09. The minimum absolute atomic E-state index is 0.0269. The molecule has 4 nitrogen and oxygen atoms in total. The molecule has 1 amide bonds. The third-order valence-corrected chi connectivity index (χ3v) is 3.42. The topological polar surface area (TPSA) is 49.6 Å². The quantitative estimate of drug-likeness (QED) is 0.722. The number of likely N-dealkylation sites (tertiary alicyclic amines) is 1. The molecule has 2 N–H and O–H groups in total. The van der Waals surface area contributed by atoms with Gasteiger partial charge in [0.1, 0.15) is 0 Å². The first-order valence-electron chi connectivity index (χ1n) is 5.52. The minimum atomic E-state index is 0.0269. The summed E-state index contributed by atoms with van der Waals surface area (Å²) in [6.07, 6.45) is 0.625. The first-order valence-corrected chi connectivity index (χ1v) is 5.52. The van der Waals surface area contributed by atoms with Crippen LogP contribution in [-0.4, -0.2) is 55.0 Å². The van der Waals surface area contributed by atoms with Gasteiger partial charge in [0.15, 0.2) is 0 Å². The molecule has 0 aliphatic carbocycles. The van der Waals surface area contributed by atoms with Crippen molar-refractivity contribution in [3.8, 4) is 0 Å². The van der Waals surface area contributed by atoms with Gasteiger partial charge in [0.05, 0.1) is 0 Å². The highest BCUT2D eigenvalue weighted by Gasteiger charge is 2.33. The van der Waals surface area contributed by atoms with E-state index in [-0.39, 0.29) is 11.4 Å². The van der Waals surface area contributed by atoms with Crippen LogP contribution in [0.25, 0.3) is 0 Å². The molecule has 1 heterocycles. The van der Waals surface area contributed by atoms with Crippen molar-refractivity contribution in [2.45, 2.75) is 25.8 Å². The van der Waals surface area contributed by atoms with Crippen LogP contribution in [0.1, 0.15) is 20.3 Å². The zero-order valence-corrected chi connectivity index (χ0v) is 10.3. The van der Waals surface area contributed by atoms with Crippen molar-refractivity contribution >= 4 is 5.91 Å². The molecule has 0 bridgehead atoms. The van der Waals surface area contributed by atoms with Gasteiger partial charge in [-0.3, -0.25) is 4.79 Å². The van der Waals surface area contributed by atoms with Crippen LogP contribution in [0.15, 0.2) is 0 Å². The Hall–Kier alpha value is -0.610. The number of amides is 1. The van der Waals surface area contributed by atoms with Gasteiger partial charge in [-0.25, -0.2) is 0 Å². The number of hydrogen-bond acceptors (Lipinski definition) is 3. The third kappa shape index (κ3) is 2.92. The van der Waals surface area contributed by atoms with Crippen molar-refractivity contribution in [2.75, 3.05) is 33.7 Å². The van der Waals surface area contributed by atoms with Crippen LogP contribution in [0.5, 0.6) is 0 Å². The minimum Gasteiger partial charge on any atom is -0.341 e. The van der Waals surface area contributed by atoms with Crippen LogP contribution in [0.4, 0.5) is 0 Å². The number of carbonyl (C=O) groups excluding carboxylic acids is 1. The summed E-state index contributed by atoms with van der Waals surface area (Å²) >= 11 is 0. The summed E-state index contributed by atoms with van der Waals surface area (Å²) in [5, 5.41) is 0. The molecule has 1 aliphatic heterocycles. The van der Waals surface area contributed by atoms with Crippen molar-refractivity contribution in [1.82, 2.24) is 9.80 Å². The Morgan fingerprint density at radius 3 is 2.53 bits per heavy atom. The maximum absolute atomic E-state index is 11.7. The molecule has 1 atom stereocenters. The molecule has 1 rings (SSSR count). The van der Waals surface area contributed by atoms with E-state index >= 15 is 0 Å². The molecule has 0 aromatic rings. The summed E-state index contributed by atoms with van der Waals surface area (Å²) < 4.78 is 0. The fourth-order valence-corrected chi connectivity index (χ4v) is 1.77. The molecule has 0 radical (unpaired) electrons. The van der Waals surface area contributed by atoms with Crippen LogP contribution in [0.3, 0.4) is 0 Å². The highest BCUT2D eigenvalue weighted by molar-refractivity contribution is 5.78. The number of hydrogen-bond donors (Lipinski definition) is 1. The molecule has 0 aromatic carbocycles. The molecular weight excluding hydrogens is 190 g/mol. The zero-order valence-electron chi connectivity index (χ0n) is 10.3. The van der Waals surface area contributed by atoms with E-state index in [1.165, 1.54) is 0 Å². The van der Waals surface area contributed by atoms with Crippen LogP contribution in [-0.2, 0) is 4.79 Å². The predicted molar refractivity (Wildman–Crippen MR) is 61.5 cm³/mol. The Morgan fingerprint density at radius 1 is 1.53 bits per heavy atom. The maximum Gasteiger partial charge on any atom is 0.223 e. The molecule has 0 saturated carbocycles.